The molecule has 8 nitrogen and oxygen atoms in total. The molecule has 0 bridgehead atoms. The molecule has 0 aliphatic rings. The van der Waals surface area contributed by atoms with Crippen molar-refractivity contribution in [1.29, 1.82) is 0 Å². The van der Waals surface area contributed by atoms with Gasteiger partial charge in [-0.15, -0.1) is 0 Å². The minimum Gasteiger partial charge on any atom is -0.497 e. The van der Waals surface area contributed by atoms with Gasteiger partial charge in [0.05, 0.1) is 42.2 Å². The number of hydrogen-bond donors (Lipinski definition) is 2. The number of pyridine rings is 1. The minimum absolute atomic E-state index is 0.272. The van der Waals surface area contributed by atoms with Gasteiger partial charge in [0.2, 0.25) is 0 Å². The van der Waals surface area contributed by atoms with Gasteiger partial charge in [0, 0.05) is 19.3 Å². The first-order valence-corrected chi connectivity index (χ1v) is 7.57. The minimum atomic E-state index is -0.581. The van der Waals surface area contributed by atoms with Gasteiger partial charge in [-0.3, -0.25) is 9.48 Å². The molecule has 0 saturated carbocycles. The van der Waals surface area contributed by atoms with Crippen LogP contribution in [0.25, 0.3) is 11.0 Å². The number of aryl methyl sites for hydroxylation is 2. The Morgan fingerprint density at radius 1 is 1.28 bits per heavy atom. The van der Waals surface area contributed by atoms with Crippen molar-refractivity contribution in [3.8, 4) is 11.5 Å². The summed E-state index contributed by atoms with van der Waals surface area (Å²) in [6, 6.07) is 5.34. The Kier molecular flexibility index (Phi) is 4.18. The molecule has 0 aliphatic carbocycles. The molecule has 130 valence electrons. The summed E-state index contributed by atoms with van der Waals surface area (Å²) in [5.74, 6) is 0.668. The lowest BCUT2D eigenvalue weighted by atomic mass is 10.1. The Labute approximate surface area is 144 Å². The summed E-state index contributed by atoms with van der Waals surface area (Å²) in [5, 5.41) is 8.35. The zero-order chi connectivity index (χ0) is 18.1. The third-order valence-electron chi connectivity index (χ3n) is 3.96. The zero-order valence-corrected chi connectivity index (χ0v) is 14.5. The molecular formula is C17H19N5O3. The Morgan fingerprint density at radius 2 is 2.04 bits per heavy atom. The molecule has 0 radical (unpaired) electrons. The first-order valence-electron chi connectivity index (χ1n) is 7.57. The van der Waals surface area contributed by atoms with Crippen molar-refractivity contribution in [3.63, 3.8) is 0 Å². The van der Waals surface area contributed by atoms with Gasteiger partial charge in [0.25, 0.3) is 5.91 Å². The highest BCUT2D eigenvalue weighted by Crippen LogP contribution is 2.36. The summed E-state index contributed by atoms with van der Waals surface area (Å²) >= 11 is 0. The van der Waals surface area contributed by atoms with Gasteiger partial charge in [-0.1, -0.05) is 0 Å². The number of aromatic nitrogens is 3. The van der Waals surface area contributed by atoms with Gasteiger partial charge in [0.1, 0.15) is 11.5 Å². The molecule has 3 N–H and O–H groups in total. The number of carbonyl (C=O) groups is 1. The largest absolute Gasteiger partial charge is 0.497 e. The molecule has 0 aliphatic heterocycles. The number of rotatable bonds is 5. The van der Waals surface area contributed by atoms with Crippen LogP contribution in [0.1, 0.15) is 16.1 Å². The van der Waals surface area contributed by atoms with Gasteiger partial charge in [0.15, 0.2) is 5.65 Å². The Balaban J connectivity index is 2.24. The predicted molar refractivity (Wildman–Crippen MR) is 94.6 cm³/mol. The number of anilines is 2. The number of amides is 1. The molecule has 2 aromatic heterocycles. The first kappa shape index (κ1) is 16.6. The van der Waals surface area contributed by atoms with Crippen LogP contribution in [0, 0.1) is 6.92 Å². The van der Waals surface area contributed by atoms with E-state index in [9.17, 15) is 4.79 Å². The van der Waals surface area contributed by atoms with Gasteiger partial charge >= 0.3 is 0 Å². The van der Waals surface area contributed by atoms with Crippen molar-refractivity contribution in [3.05, 3.63) is 35.7 Å². The second-order valence-corrected chi connectivity index (χ2v) is 5.51. The van der Waals surface area contributed by atoms with Crippen LogP contribution < -0.4 is 20.5 Å². The molecule has 0 atom stereocenters. The van der Waals surface area contributed by atoms with Crippen LogP contribution in [0.5, 0.6) is 11.5 Å². The maximum atomic E-state index is 11.9. The lowest BCUT2D eigenvalue weighted by Crippen LogP contribution is -2.14. The van der Waals surface area contributed by atoms with E-state index in [1.807, 2.05) is 6.92 Å². The number of methoxy groups -OCH3 is 2. The van der Waals surface area contributed by atoms with Crippen molar-refractivity contribution < 1.29 is 14.3 Å². The van der Waals surface area contributed by atoms with Gasteiger partial charge in [-0.05, 0) is 19.1 Å². The van der Waals surface area contributed by atoms with Gasteiger partial charge in [-0.25, -0.2) is 4.98 Å². The van der Waals surface area contributed by atoms with E-state index < -0.39 is 5.91 Å². The zero-order valence-electron chi connectivity index (χ0n) is 14.5. The number of carbonyl (C=O) groups excluding carboxylic acids is 1. The van der Waals surface area contributed by atoms with E-state index >= 15 is 0 Å². The van der Waals surface area contributed by atoms with Crippen molar-refractivity contribution in [2.75, 3.05) is 19.5 Å². The van der Waals surface area contributed by atoms with Crippen molar-refractivity contribution in [1.82, 2.24) is 14.8 Å². The second kappa shape index (κ2) is 6.31. The van der Waals surface area contributed by atoms with Crippen LogP contribution in [0.4, 0.5) is 11.4 Å². The number of hydrogen-bond acceptors (Lipinski definition) is 6. The monoisotopic (exact) mass is 341 g/mol. The summed E-state index contributed by atoms with van der Waals surface area (Å²) in [7, 11) is 4.94. The van der Waals surface area contributed by atoms with E-state index in [0.717, 1.165) is 11.1 Å². The fourth-order valence-corrected chi connectivity index (χ4v) is 2.77. The number of fused-ring (bicyclic) bond motifs is 1. The normalized spacial score (nSPS) is 10.7. The quantitative estimate of drug-likeness (QED) is 0.737. The van der Waals surface area contributed by atoms with Crippen LogP contribution in [-0.2, 0) is 7.05 Å². The number of nitrogens with one attached hydrogen (secondary N) is 1. The molecule has 0 unspecified atom stereocenters. The van der Waals surface area contributed by atoms with Crippen molar-refractivity contribution in [2.45, 2.75) is 6.92 Å². The van der Waals surface area contributed by atoms with E-state index in [-0.39, 0.29) is 5.56 Å². The summed E-state index contributed by atoms with van der Waals surface area (Å²) in [6.07, 6.45) is 1.45. The summed E-state index contributed by atoms with van der Waals surface area (Å²) in [4.78, 5) is 16.2. The number of ether oxygens (including phenoxy) is 2. The van der Waals surface area contributed by atoms with E-state index in [1.54, 1.807) is 44.1 Å². The lowest BCUT2D eigenvalue weighted by Gasteiger charge is -2.15. The van der Waals surface area contributed by atoms with Gasteiger partial charge in [-0.2, -0.15) is 5.10 Å². The third kappa shape index (κ3) is 2.82. The van der Waals surface area contributed by atoms with E-state index in [0.29, 0.717) is 28.5 Å². The fraction of sp³-hybridized carbons (Fsp3) is 0.235. The molecule has 1 aromatic carbocycles. The highest BCUT2D eigenvalue weighted by Gasteiger charge is 2.19. The molecule has 25 heavy (non-hydrogen) atoms. The standard InChI is InChI=1S/C17H19N5O3/c1-9-14-15(11(16(18)23)8-19-17(14)22(2)21-9)20-12-7-10(24-3)5-6-13(12)25-4/h5-8H,1-4H3,(H2,18,23)(H,19,20). The molecule has 3 rings (SSSR count). The summed E-state index contributed by atoms with van der Waals surface area (Å²) < 4.78 is 12.3. The number of benzene rings is 1. The van der Waals surface area contributed by atoms with Gasteiger partial charge < -0.3 is 20.5 Å². The maximum absolute atomic E-state index is 11.9. The Hall–Kier alpha value is -3.29. The van der Waals surface area contributed by atoms with Crippen LogP contribution in [-0.4, -0.2) is 34.9 Å². The smallest absolute Gasteiger partial charge is 0.252 e. The number of nitrogens with two attached hydrogens (primary N) is 1. The molecular weight excluding hydrogens is 322 g/mol. The Bertz CT molecular complexity index is 965. The Morgan fingerprint density at radius 3 is 2.68 bits per heavy atom. The van der Waals surface area contributed by atoms with Crippen molar-refractivity contribution >= 4 is 28.3 Å². The van der Waals surface area contributed by atoms with Crippen molar-refractivity contribution in [2.24, 2.45) is 12.8 Å². The summed E-state index contributed by atoms with van der Waals surface area (Å²) in [6.45, 7) is 1.85. The van der Waals surface area contributed by atoms with E-state index in [4.69, 9.17) is 15.2 Å². The number of primary amides is 1. The highest BCUT2D eigenvalue weighted by molar-refractivity contribution is 6.07. The number of nitrogens with zero attached hydrogens (tertiary/aromatic N) is 3. The third-order valence-corrected chi connectivity index (χ3v) is 3.96. The molecule has 2 heterocycles. The van der Waals surface area contributed by atoms with Crippen LogP contribution in [0.2, 0.25) is 0 Å². The predicted octanol–water partition coefficient (Wildman–Crippen LogP) is 2.14. The fourth-order valence-electron chi connectivity index (χ4n) is 2.77. The maximum Gasteiger partial charge on any atom is 0.252 e. The first-order chi connectivity index (χ1) is 12.0. The van der Waals surface area contributed by atoms with E-state index in [1.165, 1.54) is 6.20 Å². The molecule has 0 saturated heterocycles. The SMILES string of the molecule is COc1ccc(OC)c(Nc2c(C(N)=O)cnc3c2c(C)nn3C)c1. The molecule has 3 aromatic rings. The average molecular weight is 341 g/mol. The van der Waals surface area contributed by atoms with Crippen LogP contribution in [0.3, 0.4) is 0 Å². The lowest BCUT2D eigenvalue weighted by molar-refractivity contribution is 0.100. The second-order valence-electron chi connectivity index (χ2n) is 5.51. The highest BCUT2D eigenvalue weighted by atomic mass is 16.5. The molecule has 0 fully saturated rings. The molecule has 0 spiro atoms. The van der Waals surface area contributed by atoms with Crippen LogP contribution >= 0.6 is 0 Å². The molecule has 1 amide bonds. The average Bonchev–Trinajstić information content (AvgIpc) is 2.89. The van der Waals surface area contributed by atoms with Crippen LogP contribution in [0.15, 0.2) is 24.4 Å². The molecule has 8 heteroatoms. The summed E-state index contributed by atoms with van der Waals surface area (Å²) in [5.41, 5.74) is 8.37. The topological polar surface area (TPSA) is 104 Å². The van der Waals surface area contributed by atoms with E-state index in [2.05, 4.69) is 15.4 Å².